The lowest BCUT2D eigenvalue weighted by Gasteiger charge is -2.39. The van der Waals surface area contributed by atoms with Crippen molar-refractivity contribution in [2.75, 3.05) is 0 Å². The van der Waals surface area contributed by atoms with E-state index in [9.17, 15) is 14.7 Å². The number of hydrogen-bond donors (Lipinski definition) is 3. The van der Waals surface area contributed by atoms with E-state index in [-0.39, 0.29) is 23.5 Å². The summed E-state index contributed by atoms with van der Waals surface area (Å²) in [5.41, 5.74) is -0.721. The van der Waals surface area contributed by atoms with Crippen LogP contribution in [0.5, 0.6) is 0 Å². The topological polar surface area (TPSA) is 78.4 Å². The molecular formula is C16H28N2O3. The Labute approximate surface area is 126 Å². The standard InChI is InChI=1S/C16H28N2O3/c1-15(2)9-5-4-7-11(15)17-14(21)18-12-8-6-10-16(12,3)13(19)20/h11-12H,4-10H2,1-3H3,(H,19,20)(H2,17,18,21). The Morgan fingerprint density at radius 2 is 1.57 bits per heavy atom. The van der Waals surface area contributed by atoms with E-state index < -0.39 is 11.4 Å². The fraction of sp³-hybridized carbons (Fsp3) is 0.875. The van der Waals surface area contributed by atoms with Crippen LogP contribution in [0.1, 0.15) is 65.7 Å². The van der Waals surface area contributed by atoms with Crippen LogP contribution in [0.25, 0.3) is 0 Å². The van der Waals surface area contributed by atoms with Gasteiger partial charge in [-0.1, -0.05) is 33.1 Å². The fourth-order valence-corrected chi connectivity index (χ4v) is 3.77. The number of carboxylic acid groups (broad SMARTS) is 1. The van der Waals surface area contributed by atoms with Gasteiger partial charge in [-0.15, -0.1) is 0 Å². The minimum Gasteiger partial charge on any atom is -0.481 e. The minimum atomic E-state index is -0.834. The van der Waals surface area contributed by atoms with Crippen molar-refractivity contribution < 1.29 is 14.7 Å². The molecule has 3 N–H and O–H groups in total. The molecule has 0 radical (unpaired) electrons. The SMILES string of the molecule is CC1(C)CCCCC1NC(=O)NC1CCCC1(C)C(=O)O. The Morgan fingerprint density at radius 3 is 2.19 bits per heavy atom. The van der Waals surface area contributed by atoms with Crippen LogP contribution in [-0.2, 0) is 4.79 Å². The zero-order valence-electron chi connectivity index (χ0n) is 13.4. The van der Waals surface area contributed by atoms with E-state index in [2.05, 4.69) is 24.5 Å². The molecule has 0 aromatic carbocycles. The van der Waals surface area contributed by atoms with E-state index in [0.29, 0.717) is 6.42 Å². The molecule has 2 amide bonds. The predicted octanol–water partition coefficient (Wildman–Crippen LogP) is 2.90. The van der Waals surface area contributed by atoms with Crippen LogP contribution in [0.15, 0.2) is 0 Å². The largest absolute Gasteiger partial charge is 0.481 e. The number of urea groups is 1. The maximum Gasteiger partial charge on any atom is 0.315 e. The number of hydrogen-bond acceptors (Lipinski definition) is 2. The molecule has 0 aromatic rings. The van der Waals surface area contributed by atoms with E-state index in [1.54, 1.807) is 6.92 Å². The predicted molar refractivity (Wildman–Crippen MR) is 81.1 cm³/mol. The summed E-state index contributed by atoms with van der Waals surface area (Å²) >= 11 is 0. The maximum atomic E-state index is 12.3. The van der Waals surface area contributed by atoms with Crippen molar-refractivity contribution in [1.82, 2.24) is 10.6 Å². The Bertz CT molecular complexity index is 422. The van der Waals surface area contributed by atoms with Crippen LogP contribution < -0.4 is 10.6 Å². The number of carboxylic acids is 1. The Kier molecular flexibility index (Phi) is 4.49. The van der Waals surface area contributed by atoms with Crippen LogP contribution in [-0.4, -0.2) is 29.2 Å². The third-order valence-electron chi connectivity index (χ3n) is 5.56. The van der Waals surface area contributed by atoms with E-state index in [0.717, 1.165) is 32.1 Å². The van der Waals surface area contributed by atoms with Gasteiger partial charge in [-0.05, 0) is 38.0 Å². The van der Waals surface area contributed by atoms with Crippen LogP contribution in [0, 0.1) is 10.8 Å². The first-order chi connectivity index (χ1) is 9.75. The molecule has 2 saturated carbocycles. The summed E-state index contributed by atoms with van der Waals surface area (Å²) in [5.74, 6) is -0.816. The van der Waals surface area contributed by atoms with Crippen molar-refractivity contribution in [2.24, 2.45) is 10.8 Å². The first-order valence-corrected chi connectivity index (χ1v) is 8.06. The van der Waals surface area contributed by atoms with Gasteiger partial charge in [-0.25, -0.2) is 4.79 Å². The van der Waals surface area contributed by atoms with Crippen molar-refractivity contribution in [3.8, 4) is 0 Å². The summed E-state index contributed by atoms with van der Waals surface area (Å²) in [5, 5.41) is 15.4. The molecule has 2 aliphatic carbocycles. The van der Waals surface area contributed by atoms with E-state index in [1.165, 1.54) is 6.42 Å². The lowest BCUT2D eigenvalue weighted by molar-refractivity contribution is -0.148. The lowest BCUT2D eigenvalue weighted by atomic mass is 9.73. The average Bonchev–Trinajstić information content (AvgIpc) is 2.75. The van der Waals surface area contributed by atoms with Crippen molar-refractivity contribution in [2.45, 2.75) is 77.8 Å². The summed E-state index contributed by atoms with van der Waals surface area (Å²) in [6, 6.07) is -0.320. The molecule has 0 saturated heterocycles. The first-order valence-electron chi connectivity index (χ1n) is 8.06. The van der Waals surface area contributed by atoms with Gasteiger partial charge in [0, 0.05) is 12.1 Å². The number of nitrogens with one attached hydrogen (secondary N) is 2. The molecule has 0 aliphatic heterocycles. The van der Waals surface area contributed by atoms with Gasteiger partial charge in [0.15, 0.2) is 0 Å². The molecule has 0 aromatic heterocycles. The zero-order valence-corrected chi connectivity index (χ0v) is 13.4. The molecule has 2 fully saturated rings. The number of carbonyl (C=O) groups excluding carboxylic acids is 1. The Hall–Kier alpha value is -1.26. The Balaban J connectivity index is 1.94. The number of amides is 2. The highest BCUT2D eigenvalue weighted by Crippen LogP contribution is 2.38. The summed E-state index contributed by atoms with van der Waals surface area (Å²) in [4.78, 5) is 23.7. The van der Waals surface area contributed by atoms with Crippen molar-refractivity contribution in [3.63, 3.8) is 0 Å². The molecule has 3 unspecified atom stereocenters. The third-order valence-corrected chi connectivity index (χ3v) is 5.56. The molecule has 120 valence electrons. The molecule has 2 rings (SSSR count). The second-order valence-corrected chi connectivity index (χ2v) is 7.57. The van der Waals surface area contributed by atoms with E-state index in [1.807, 2.05) is 0 Å². The van der Waals surface area contributed by atoms with Crippen molar-refractivity contribution in [3.05, 3.63) is 0 Å². The normalized spacial score (nSPS) is 35.2. The van der Waals surface area contributed by atoms with Gasteiger partial charge in [-0.3, -0.25) is 4.79 Å². The monoisotopic (exact) mass is 296 g/mol. The molecule has 3 atom stereocenters. The van der Waals surface area contributed by atoms with Crippen LogP contribution in [0.2, 0.25) is 0 Å². The maximum absolute atomic E-state index is 12.3. The van der Waals surface area contributed by atoms with E-state index in [4.69, 9.17) is 0 Å². The minimum absolute atomic E-state index is 0.112. The first kappa shape index (κ1) is 16.1. The summed E-state index contributed by atoms with van der Waals surface area (Å²) in [7, 11) is 0. The second-order valence-electron chi connectivity index (χ2n) is 7.57. The van der Waals surface area contributed by atoms with Crippen molar-refractivity contribution in [1.29, 1.82) is 0 Å². The van der Waals surface area contributed by atoms with Gasteiger partial charge in [0.25, 0.3) is 0 Å². The van der Waals surface area contributed by atoms with Crippen LogP contribution in [0.3, 0.4) is 0 Å². The molecule has 0 heterocycles. The van der Waals surface area contributed by atoms with Gasteiger partial charge < -0.3 is 15.7 Å². The van der Waals surface area contributed by atoms with Gasteiger partial charge >= 0.3 is 12.0 Å². The number of rotatable bonds is 3. The third kappa shape index (κ3) is 3.33. The Morgan fingerprint density at radius 1 is 0.952 bits per heavy atom. The molecule has 0 bridgehead atoms. The van der Waals surface area contributed by atoms with Crippen LogP contribution >= 0.6 is 0 Å². The highest BCUT2D eigenvalue weighted by molar-refractivity contribution is 5.79. The van der Waals surface area contributed by atoms with Gasteiger partial charge in [0.1, 0.15) is 0 Å². The molecule has 5 heteroatoms. The van der Waals surface area contributed by atoms with Crippen LogP contribution in [0.4, 0.5) is 4.79 Å². The number of aliphatic carboxylic acids is 1. The van der Waals surface area contributed by atoms with E-state index >= 15 is 0 Å². The molecule has 21 heavy (non-hydrogen) atoms. The zero-order chi connectivity index (χ0) is 15.7. The average molecular weight is 296 g/mol. The number of carbonyl (C=O) groups is 2. The molecule has 2 aliphatic rings. The van der Waals surface area contributed by atoms with Gasteiger partial charge in [0.2, 0.25) is 0 Å². The molecular weight excluding hydrogens is 268 g/mol. The van der Waals surface area contributed by atoms with Gasteiger partial charge in [-0.2, -0.15) is 0 Å². The molecule has 0 spiro atoms. The summed E-state index contributed by atoms with van der Waals surface area (Å²) in [6.07, 6.45) is 6.70. The highest BCUT2D eigenvalue weighted by Gasteiger charge is 2.46. The van der Waals surface area contributed by atoms with Crippen molar-refractivity contribution >= 4 is 12.0 Å². The lowest BCUT2D eigenvalue weighted by Crippen LogP contribution is -2.55. The highest BCUT2D eigenvalue weighted by atomic mass is 16.4. The quantitative estimate of drug-likeness (QED) is 0.749. The van der Waals surface area contributed by atoms with Gasteiger partial charge in [0.05, 0.1) is 5.41 Å². The molecule has 5 nitrogen and oxygen atoms in total. The smallest absolute Gasteiger partial charge is 0.315 e. The fourth-order valence-electron chi connectivity index (χ4n) is 3.77. The summed E-state index contributed by atoms with van der Waals surface area (Å²) in [6.45, 7) is 6.11. The second kappa shape index (κ2) is 5.85. The summed E-state index contributed by atoms with van der Waals surface area (Å²) < 4.78 is 0.